The lowest BCUT2D eigenvalue weighted by molar-refractivity contribution is 0.0523. The van der Waals surface area contributed by atoms with Crippen molar-refractivity contribution in [2.75, 3.05) is 0 Å². The fourth-order valence-corrected chi connectivity index (χ4v) is 2.11. The van der Waals surface area contributed by atoms with Gasteiger partial charge < -0.3 is 10.1 Å². The number of carbonyl (C=O) groups is 1. The summed E-state index contributed by atoms with van der Waals surface area (Å²) in [6.45, 7) is 5.92. The van der Waals surface area contributed by atoms with Crippen LogP contribution in [0.4, 0.5) is 4.79 Å². The fourth-order valence-electron chi connectivity index (χ4n) is 1.38. The van der Waals surface area contributed by atoms with Crippen LogP contribution >= 0.6 is 34.2 Å². The molecular formula is C13H17ClINO2. The molecule has 0 bridgehead atoms. The van der Waals surface area contributed by atoms with Crippen molar-refractivity contribution in [3.05, 3.63) is 34.3 Å². The molecule has 0 atom stereocenters. The number of rotatable bonds is 3. The third kappa shape index (κ3) is 5.91. The summed E-state index contributed by atoms with van der Waals surface area (Å²) in [6, 6.07) is 5.79. The minimum Gasteiger partial charge on any atom is -0.444 e. The van der Waals surface area contributed by atoms with Gasteiger partial charge in [0.1, 0.15) is 5.60 Å². The van der Waals surface area contributed by atoms with E-state index < -0.39 is 11.7 Å². The Bertz CT molecular complexity index is 429. The number of benzene rings is 1. The van der Waals surface area contributed by atoms with Crippen LogP contribution in [-0.2, 0) is 15.7 Å². The molecule has 0 saturated heterocycles. The van der Waals surface area contributed by atoms with E-state index in [1.807, 2.05) is 39.0 Å². The predicted octanol–water partition coefficient (Wildman–Crippen LogP) is 4.30. The summed E-state index contributed by atoms with van der Waals surface area (Å²) < 4.78 is 6.05. The van der Waals surface area contributed by atoms with Gasteiger partial charge in [-0.3, -0.25) is 0 Å². The second kappa shape index (κ2) is 6.61. The van der Waals surface area contributed by atoms with Gasteiger partial charge in [0.15, 0.2) is 0 Å². The van der Waals surface area contributed by atoms with E-state index in [-0.39, 0.29) is 0 Å². The smallest absolute Gasteiger partial charge is 0.407 e. The topological polar surface area (TPSA) is 38.3 Å². The van der Waals surface area contributed by atoms with Crippen LogP contribution < -0.4 is 5.32 Å². The number of alkyl halides is 1. The molecule has 0 aliphatic carbocycles. The van der Waals surface area contributed by atoms with Crippen LogP contribution in [0.1, 0.15) is 31.9 Å². The second-order valence-corrected chi connectivity index (χ2v) is 6.16. The Morgan fingerprint density at radius 2 is 1.94 bits per heavy atom. The molecular weight excluding hydrogens is 365 g/mol. The molecule has 1 aromatic carbocycles. The molecule has 3 nitrogen and oxygen atoms in total. The highest BCUT2D eigenvalue weighted by Crippen LogP contribution is 2.17. The molecule has 1 rings (SSSR count). The van der Waals surface area contributed by atoms with Crippen molar-refractivity contribution >= 4 is 40.3 Å². The molecule has 0 radical (unpaired) electrons. The van der Waals surface area contributed by atoms with Crippen LogP contribution in [-0.4, -0.2) is 11.7 Å². The predicted molar refractivity (Wildman–Crippen MR) is 82.2 cm³/mol. The summed E-state index contributed by atoms with van der Waals surface area (Å²) >= 11 is 8.28. The summed E-state index contributed by atoms with van der Waals surface area (Å²) in [6.07, 6.45) is -0.418. The van der Waals surface area contributed by atoms with Gasteiger partial charge in [-0.1, -0.05) is 40.3 Å². The minimum absolute atomic E-state index is 0.416. The van der Waals surface area contributed by atoms with Crippen LogP contribution in [0.5, 0.6) is 0 Å². The number of carbonyl (C=O) groups excluding carboxylic acids is 1. The van der Waals surface area contributed by atoms with E-state index >= 15 is 0 Å². The van der Waals surface area contributed by atoms with Gasteiger partial charge in [-0.2, -0.15) is 0 Å². The maximum atomic E-state index is 11.5. The normalized spacial score (nSPS) is 11.2. The van der Waals surface area contributed by atoms with Crippen LogP contribution in [0.3, 0.4) is 0 Å². The van der Waals surface area contributed by atoms with Crippen LogP contribution in [0.15, 0.2) is 18.2 Å². The molecule has 0 fully saturated rings. The fraction of sp³-hybridized carbons (Fsp3) is 0.462. The Morgan fingerprint density at radius 1 is 1.33 bits per heavy atom. The Kier molecular flexibility index (Phi) is 5.72. The average molecular weight is 382 g/mol. The maximum absolute atomic E-state index is 11.5. The zero-order chi connectivity index (χ0) is 13.8. The molecule has 1 N–H and O–H groups in total. The third-order valence-electron chi connectivity index (χ3n) is 2.01. The molecule has 1 amide bonds. The Balaban J connectivity index is 2.58. The molecule has 5 heteroatoms. The van der Waals surface area contributed by atoms with Crippen molar-refractivity contribution in [1.29, 1.82) is 0 Å². The highest BCUT2D eigenvalue weighted by molar-refractivity contribution is 14.1. The molecule has 0 saturated carbocycles. The van der Waals surface area contributed by atoms with Crippen molar-refractivity contribution in [1.82, 2.24) is 5.32 Å². The van der Waals surface area contributed by atoms with Crippen molar-refractivity contribution in [3.63, 3.8) is 0 Å². The maximum Gasteiger partial charge on any atom is 0.407 e. The number of halogens is 2. The lowest BCUT2D eigenvalue weighted by atomic mass is 10.1. The van der Waals surface area contributed by atoms with E-state index in [2.05, 4.69) is 27.9 Å². The van der Waals surface area contributed by atoms with Crippen molar-refractivity contribution in [3.8, 4) is 0 Å². The lowest BCUT2D eigenvalue weighted by Crippen LogP contribution is -2.32. The zero-order valence-corrected chi connectivity index (χ0v) is 13.6. The first kappa shape index (κ1) is 15.6. The SMILES string of the molecule is CC(C)(C)OC(=O)NCc1cc(Cl)cc(CI)c1. The molecule has 1 aromatic rings. The van der Waals surface area contributed by atoms with Crippen LogP contribution in [0.2, 0.25) is 5.02 Å². The number of ether oxygens (including phenoxy) is 1. The van der Waals surface area contributed by atoms with E-state index in [0.717, 1.165) is 15.6 Å². The van der Waals surface area contributed by atoms with E-state index in [0.29, 0.717) is 11.6 Å². The number of nitrogens with one attached hydrogen (secondary N) is 1. The number of hydrogen-bond acceptors (Lipinski definition) is 2. The number of alkyl carbamates (subject to hydrolysis) is 1. The van der Waals surface area contributed by atoms with Gasteiger partial charge in [-0.15, -0.1) is 0 Å². The van der Waals surface area contributed by atoms with Gasteiger partial charge in [0.05, 0.1) is 0 Å². The first-order valence-corrected chi connectivity index (χ1v) is 7.51. The van der Waals surface area contributed by atoms with Gasteiger partial charge in [-0.05, 0) is 44.0 Å². The van der Waals surface area contributed by atoms with Crippen molar-refractivity contribution < 1.29 is 9.53 Å². The molecule has 18 heavy (non-hydrogen) atoms. The second-order valence-electron chi connectivity index (χ2n) is 4.96. The highest BCUT2D eigenvalue weighted by atomic mass is 127. The third-order valence-corrected chi connectivity index (χ3v) is 3.11. The Hall–Kier alpha value is -0.490. The molecule has 0 unspecified atom stereocenters. The average Bonchev–Trinajstić information content (AvgIpc) is 2.23. The van der Waals surface area contributed by atoms with Crippen LogP contribution in [0, 0.1) is 0 Å². The van der Waals surface area contributed by atoms with E-state index in [1.54, 1.807) is 0 Å². The van der Waals surface area contributed by atoms with Crippen LogP contribution in [0.25, 0.3) is 0 Å². The molecule has 0 aromatic heterocycles. The van der Waals surface area contributed by atoms with Gasteiger partial charge in [0, 0.05) is 16.0 Å². The number of hydrogen-bond donors (Lipinski definition) is 1. The lowest BCUT2D eigenvalue weighted by Gasteiger charge is -2.19. The summed E-state index contributed by atoms with van der Waals surface area (Å²) in [5.41, 5.74) is 1.63. The molecule has 0 aliphatic rings. The summed E-state index contributed by atoms with van der Waals surface area (Å²) in [5.74, 6) is 0. The zero-order valence-electron chi connectivity index (χ0n) is 10.7. The highest BCUT2D eigenvalue weighted by Gasteiger charge is 2.15. The van der Waals surface area contributed by atoms with E-state index in [1.165, 1.54) is 0 Å². The van der Waals surface area contributed by atoms with Gasteiger partial charge in [0.25, 0.3) is 0 Å². The minimum atomic E-state index is -0.480. The molecule has 100 valence electrons. The van der Waals surface area contributed by atoms with Crippen molar-refractivity contribution in [2.24, 2.45) is 0 Å². The van der Waals surface area contributed by atoms with Crippen molar-refractivity contribution in [2.45, 2.75) is 37.3 Å². The Morgan fingerprint density at radius 3 is 2.50 bits per heavy atom. The monoisotopic (exact) mass is 381 g/mol. The summed E-state index contributed by atoms with van der Waals surface area (Å²) in [7, 11) is 0. The van der Waals surface area contributed by atoms with Gasteiger partial charge in [-0.25, -0.2) is 4.79 Å². The van der Waals surface area contributed by atoms with Gasteiger partial charge >= 0.3 is 6.09 Å². The summed E-state index contributed by atoms with van der Waals surface area (Å²) in [5, 5.41) is 3.40. The number of amides is 1. The molecule has 0 aliphatic heterocycles. The molecule has 0 heterocycles. The largest absolute Gasteiger partial charge is 0.444 e. The quantitative estimate of drug-likeness (QED) is 0.626. The van der Waals surface area contributed by atoms with Gasteiger partial charge in [0.2, 0.25) is 0 Å². The van der Waals surface area contributed by atoms with E-state index in [9.17, 15) is 4.79 Å². The first-order valence-electron chi connectivity index (χ1n) is 5.61. The first-order chi connectivity index (χ1) is 8.30. The summed E-state index contributed by atoms with van der Waals surface area (Å²) in [4.78, 5) is 11.5. The standard InChI is InChI=1S/C13H17ClINO2/c1-13(2,3)18-12(17)16-8-10-4-9(7-15)5-11(14)6-10/h4-6H,7-8H2,1-3H3,(H,16,17). The van der Waals surface area contributed by atoms with E-state index in [4.69, 9.17) is 16.3 Å². The Labute approximate surface area is 126 Å². The molecule has 0 spiro atoms.